The van der Waals surface area contributed by atoms with Crippen molar-refractivity contribution < 1.29 is 4.42 Å². The fourth-order valence-corrected chi connectivity index (χ4v) is 3.73. The first-order valence-corrected chi connectivity index (χ1v) is 9.51. The molecule has 24 heavy (non-hydrogen) atoms. The van der Waals surface area contributed by atoms with Gasteiger partial charge in [0.05, 0.1) is 12.8 Å². The molecule has 0 spiro atoms. The van der Waals surface area contributed by atoms with Crippen molar-refractivity contribution in [2.45, 2.75) is 43.3 Å². The molecule has 0 aliphatic heterocycles. The first kappa shape index (κ1) is 15.5. The fraction of sp³-hybridized carbons (Fsp3) is 0.368. The molecule has 0 amide bonds. The Bertz CT molecular complexity index is 763. The molecule has 0 saturated heterocycles. The van der Waals surface area contributed by atoms with Crippen LogP contribution in [0.3, 0.4) is 0 Å². The van der Waals surface area contributed by atoms with E-state index in [0.29, 0.717) is 5.92 Å². The number of hydrogen-bond acceptors (Lipinski definition) is 4. The predicted octanol–water partition coefficient (Wildman–Crippen LogP) is 4.52. The Morgan fingerprint density at radius 2 is 1.96 bits per heavy atom. The van der Waals surface area contributed by atoms with Crippen molar-refractivity contribution in [2.24, 2.45) is 0 Å². The van der Waals surface area contributed by atoms with Crippen molar-refractivity contribution >= 4 is 11.8 Å². The molecular formula is C19H21N3OS. The largest absolute Gasteiger partial charge is 0.467 e. The minimum absolute atomic E-state index is 0.589. The number of nitrogens with zero attached hydrogens (tertiary/aromatic N) is 3. The number of aromatic nitrogens is 3. The Morgan fingerprint density at radius 1 is 1.08 bits per heavy atom. The standard InChI is InChI=1S/C19H21N3OS/c1-2-6-15(7-3-1)8-5-13-24-19-21-20-18(16-10-11-16)22(19)14-17-9-4-12-23-17/h1-4,6-7,9,12,16H,5,8,10-11,13-14H2. The van der Waals surface area contributed by atoms with Crippen molar-refractivity contribution in [3.8, 4) is 0 Å². The average molecular weight is 339 g/mol. The van der Waals surface area contributed by atoms with Crippen LogP contribution in [-0.2, 0) is 13.0 Å². The summed E-state index contributed by atoms with van der Waals surface area (Å²) in [5.74, 6) is 3.72. The molecule has 1 aromatic carbocycles. The molecule has 2 heterocycles. The Morgan fingerprint density at radius 3 is 2.71 bits per heavy atom. The molecule has 4 rings (SSSR count). The summed E-state index contributed by atoms with van der Waals surface area (Å²) in [6.07, 6.45) is 6.43. The van der Waals surface area contributed by atoms with E-state index in [1.165, 1.54) is 18.4 Å². The molecule has 3 aromatic rings. The van der Waals surface area contributed by atoms with Gasteiger partial charge >= 0.3 is 0 Å². The van der Waals surface area contributed by atoms with E-state index in [4.69, 9.17) is 4.42 Å². The van der Waals surface area contributed by atoms with Gasteiger partial charge in [-0.05, 0) is 43.4 Å². The number of furan rings is 1. The molecule has 0 unspecified atom stereocenters. The van der Waals surface area contributed by atoms with Crippen LogP contribution in [0.25, 0.3) is 0 Å². The number of benzene rings is 1. The Hall–Kier alpha value is -2.01. The van der Waals surface area contributed by atoms with Crippen LogP contribution in [0.2, 0.25) is 0 Å². The molecule has 1 aliphatic carbocycles. The summed E-state index contributed by atoms with van der Waals surface area (Å²) in [5.41, 5.74) is 1.40. The highest BCUT2D eigenvalue weighted by Crippen LogP contribution is 2.40. The molecule has 0 radical (unpaired) electrons. The minimum atomic E-state index is 0.589. The smallest absolute Gasteiger partial charge is 0.191 e. The van der Waals surface area contributed by atoms with E-state index in [9.17, 15) is 0 Å². The van der Waals surface area contributed by atoms with Crippen molar-refractivity contribution in [1.29, 1.82) is 0 Å². The number of rotatable bonds is 8. The highest BCUT2D eigenvalue weighted by atomic mass is 32.2. The molecule has 1 saturated carbocycles. The van der Waals surface area contributed by atoms with Crippen LogP contribution in [-0.4, -0.2) is 20.5 Å². The molecule has 5 heteroatoms. The van der Waals surface area contributed by atoms with Gasteiger partial charge < -0.3 is 4.42 Å². The lowest BCUT2D eigenvalue weighted by Crippen LogP contribution is -2.05. The summed E-state index contributed by atoms with van der Waals surface area (Å²) in [5, 5.41) is 9.90. The van der Waals surface area contributed by atoms with E-state index >= 15 is 0 Å². The normalized spacial score (nSPS) is 14.2. The van der Waals surface area contributed by atoms with Crippen LogP contribution in [0.4, 0.5) is 0 Å². The summed E-state index contributed by atoms with van der Waals surface area (Å²) >= 11 is 1.80. The van der Waals surface area contributed by atoms with E-state index in [1.54, 1.807) is 18.0 Å². The zero-order valence-corrected chi connectivity index (χ0v) is 14.4. The third-order valence-electron chi connectivity index (χ3n) is 4.27. The first-order valence-electron chi connectivity index (χ1n) is 8.52. The maximum absolute atomic E-state index is 5.51. The van der Waals surface area contributed by atoms with Gasteiger partial charge in [-0.15, -0.1) is 10.2 Å². The second-order valence-electron chi connectivity index (χ2n) is 6.22. The van der Waals surface area contributed by atoms with E-state index < -0.39 is 0 Å². The molecule has 0 atom stereocenters. The summed E-state index contributed by atoms with van der Waals surface area (Å²) in [7, 11) is 0. The Kier molecular flexibility index (Phi) is 4.69. The van der Waals surface area contributed by atoms with Gasteiger partial charge in [-0.2, -0.15) is 0 Å². The van der Waals surface area contributed by atoms with Gasteiger partial charge in [0.1, 0.15) is 11.6 Å². The van der Waals surface area contributed by atoms with Crippen LogP contribution >= 0.6 is 11.8 Å². The predicted molar refractivity (Wildman–Crippen MR) is 95.3 cm³/mol. The van der Waals surface area contributed by atoms with Crippen molar-refractivity contribution in [3.63, 3.8) is 0 Å². The van der Waals surface area contributed by atoms with Crippen molar-refractivity contribution in [1.82, 2.24) is 14.8 Å². The van der Waals surface area contributed by atoms with E-state index in [1.807, 2.05) is 12.1 Å². The zero-order valence-electron chi connectivity index (χ0n) is 13.6. The SMILES string of the molecule is c1ccc(CCCSc2nnc(C3CC3)n2Cc2ccco2)cc1. The second kappa shape index (κ2) is 7.26. The Balaban J connectivity index is 1.39. The summed E-state index contributed by atoms with van der Waals surface area (Å²) in [6.45, 7) is 0.729. The molecule has 4 nitrogen and oxygen atoms in total. The maximum Gasteiger partial charge on any atom is 0.191 e. The monoisotopic (exact) mass is 339 g/mol. The van der Waals surface area contributed by atoms with Crippen LogP contribution in [0.15, 0.2) is 58.3 Å². The van der Waals surface area contributed by atoms with Gasteiger partial charge in [-0.3, -0.25) is 4.57 Å². The molecule has 1 aliphatic rings. The summed E-state index contributed by atoms with van der Waals surface area (Å²) < 4.78 is 7.75. The highest BCUT2D eigenvalue weighted by molar-refractivity contribution is 7.99. The molecule has 2 aromatic heterocycles. The van der Waals surface area contributed by atoms with E-state index in [2.05, 4.69) is 45.1 Å². The maximum atomic E-state index is 5.51. The number of hydrogen-bond donors (Lipinski definition) is 0. The lowest BCUT2D eigenvalue weighted by atomic mass is 10.1. The van der Waals surface area contributed by atoms with E-state index in [-0.39, 0.29) is 0 Å². The Labute approximate surface area is 146 Å². The van der Waals surface area contributed by atoms with Crippen molar-refractivity contribution in [3.05, 3.63) is 65.9 Å². The summed E-state index contributed by atoms with van der Waals surface area (Å²) in [6, 6.07) is 14.6. The number of thioether (sulfide) groups is 1. The molecule has 0 bridgehead atoms. The van der Waals surface area contributed by atoms with Gasteiger partial charge in [0.2, 0.25) is 0 Å². The molecule has 0 N–H and O–H groups in total. The quantitative estimate of drug-likeness (QED) is 0.447. The third-order valence-corrected chi connectivity index (χ3v) is 5.32. The van der Waals surface area contributed by atoms with E-state index in [0.717, 1.165) is 41.9 Å². The lowest BCUT2D eigenvalue weighted by Gasteiger charge is -2.08. The van der Waals surface area contributed by atoms with Crippen LogP contribution in [0.5, 0.6) is 0 Å². The first-order chi connectivity index (χ1) is 11.9. The van der Waals surface area contributed by atoms with Crippen LogP contribution in [0.1, 0.15) is 42.3 Å². The molecule has 124 valence electrons. The van der Waals surface area contributed by atoms with Crippen LogP contribution in [0, 0.1) is 0 Å². The summed E-state index contributed by atoms with van der Waals surface area (Å²) in [4.78, 5) is 0. The highest BCUT2D eigenvalue weighted by Gasteiger charge is 2.30. The molecular weight excluding hydrogens is 318 g/mol. The second-order valence-corrected chi connectivity index (χ2v) is 7.28. The third kappa shape index (κ3) is 3.73. The van der Waals surface area contributed by atoms with Crippen molar-refractivity contribution in [2.75, 3.05) is 5.75 Å². The van der Waals surface area contributed by atoms with Crippen LogP contribution < -0.4 is 0 Å². The number of aryl methyl sites for hydroxylation is 1. The lowest BCUT2D eigenvalue weighted by molar-refractivity contribution is 0.478. The van der Waals surface area contributed by atoms with Gasteiger partial charge in [0, 0.05) is 11.7 Å². The van der Waals surface area contributed by atoms with Gasteiger partial charge in [-0.25, -0.2) is 0 Å². The van der Waals surface area contributed by atoms with Gasteiger partial charge in [0.15, 0.2) is 5.16 Å². The average Bonchev–Trinajstić information content (AvgIpc) is 3.18. The van der Waals surface area contributed by atoms with Gasteiger partial charge in [0.25, 0.3) is 0 Å². The molecule has 1 fully saturated rings. The fourth-order valence-electron chi connectivity index (χ4n) is 2.84. The minimum Gasteiger partial charge on any atom is -0.467 e. The van der Waals surface area contributed by atoms with Gasteiger partial charge in [-0.1, -0.05) is 42.1 Å². The topological polar surface area (TPSA) is 43.9 Å². The zero-order chi connectivity index (χ0) is 16.2.